The molecule has 0 aromatic rings. The Bertz CT molecular complexity index is 1230. The van der Waals surface area contributed by atoms with Gasteiger partial charge in [0.1, 0.15) is 12.6 Å². The van der Waals surface area contributed by atoms with Crippen LogP contribution in [0.2, 0.25) is 0 Å². The number of carboxylic acid groups (broad SMARTS) is 1. The number of nitrogens with zero attached hydrogens (tertiary/aromatic N) is 1. The second-order valence-corrected chi connectivity index (χ2v) is 17.3. The lowest BCUT2D eigenvalue weighted by Gasteiger charge is -2.34. The topological polar surface area (TPSA) is 102 Å². The fourth-order valence-electron chi connectivity index (χ4n) is 6.82. The number of hydrogen-bond donors (Lipinski definition) is 0. The minimum absolute atomic E-state index is 0.0316. The molecule has 0 aromatic heterocycles. The number of rotatable bonds is 43. The summed E-state index contributed by atoms with van der Waals surface area (Å²) in [4.78, 5) is 37.0. The molecule has 8 nitrogen and oxygen atoms in total. The van der Waals surface area contributed by atoms with Gasteiger partial charge in [-0.1, -0.05) is 170 Å². The minimum Gasteiger partial charge on any atom is -0.544 e. The summed E-state index contributed by atoms with van der Waals surface area (Å²) in [6.07, 6.45) is 54.9. The third-order valence-electron chi connectivity index (χ3n) is 10.6. The van der Waals surface area contributed by atoms with Crippen molar-refractivity contribution >= 4 is 17.9 Å². The first-order valence-corrected chi connectivity index (χ1v) is 24.5. The number of carbonyl (C=O) groups excluding carboxylic acids is 3. The molecule has 0 N–H and O–H groups in total. The van der Waals surface area contributed by atoms with Crippen LogP contribution in [0.4, 0.5) is 0 Å². The maximum Gasteiger partial charge on any atom is 0.306 e. The van der Waals surface area contributed by atoms with Crippen molar-refractivity contribution in [2.75, 3.05) is 41.0 Å². The zero-order valence-electron chi connectivity index (χ0n) is 39.8. The second-order valence-electron chi connectivity index (χ2n) is 17.3. The van der Waals surface area contributed by atoms with Crippen LogP contribution in [0, 0.1) is 0 Å². The van der Waals surface area contributed by atoms with Gasteiger partial charge in [0.05, 0.1) is 40.3 Å². The number of carboxylic acids is 1. The Hall–Kier alpha value is -3.23. The third-order valence-corrected chi connectivity index (χ3v) is 10.6. The predicted octanol–water partition coefficient (Wildman–Crippen LogP) is 12.6. The molecule has 0 radical (unpaired) electrons. The lowest BCUT2D eigenvalue weighted by Crippen LogP contribution is -2.55. The Morgan fingerprint density at radius 3 is 1.46 bits per heavy atom. The van der Waals surface area contributed by atoms with E-state index < -0.39 is 18.1 Å². The molecule has 0 amide bonds. The molecule has 0 aliphatic rings. The van der Waals surface area contributed by atoms with Crippen molar-refractivity contribution in [1.29, 1.82) is 0 Å². The highest BCUT2D eigenvalue weighted by molar-refractivity contribution is 5.70. The minimum atomic E-state index is -1.13. The van der Waals surface area contributed by atoms with Crippen LogP contribution in [0.3, 0.4) is 0 Å². The van der Waals surface area contributed by atoms with Crippen molar-refractivity contribution in [3.63, 3.8) is 0 Å². The average Bonchev–Trinajstić information content (AvgIpc) is 3.22. The number of allylic oxidation sites excluding steroid dienone is 12. The second kappa shape index (κ2) is 43.4. The normalized spacial score (nSPS) is 13.5. The smallest absolute Gasteiger partial charge is 0.306 e. The fourth-order valence-corrected chi connectivity index (χ4v) is 6.82. The Morgan fingerprint density at radius 1 is 0.525 bits per heavy atom. The Kier molecular flexibility index (Phi) is 41.1. The number of esters is 2. The van der Waals surface area contributed by atoms with Crippen molar-refractivity contribution in [1.82, 2.24) is 0 Å². The molecule has 8 heteroatoms. The van der Waals surface area contributed by atoms with Crippen molar-refractivity contribution in [2.45, 2.75) is 206 Å². The van der Waals surface area contributed by atoms with E-state index in [0.29, 0.717) is 12.8 Å². The van der Waals surface area contributed by atoms with Crippen LogP contribution in [0.1, 0.15) is 194 Å². The van der Waals surface area contributed by atoms with Gasteiger partial charge in [-0.3, -0.25) is 9.59 Å². The summed E-state index contributed by atoms with van der Waals surface area (Å²) in [5.74, 6) is -1.76. The number of ether oxygens (including phenoxy) is 3. The highest BCUT2D eigenvalue weighted by atomic mass is 16.6. The van der Waals surface area contributed by atoms with E-state index >= 15 is 0 Å². The monoisotopic (exact) mass is 854 g/mol. The van der Waals surface area contributed by atoms with E-state index in [4.69, 9.17) is 14.2 Å². The van der Waals surface area contributed by atoms with E-state index in [9.17, 15) is 19.5 Å². The molecular formula is C53H91NO7. The van der Waals surface area contributed by atoms with Crippen LogP contribution in [0.15, 0.2) is 72.9 Å². The van der Waals surface area contributed by atoms with Crippen LogP contribution in [0.5, 0.6) is 0 Å². The van der Waals surface area contributed by atoms with Gasteiger partial charge in [-0.25, -0.2) is 0 Å². The SMILES string of the molecule is CC/C=C/C/C=C/C/C=C/C/C=C/CCCCCCCCCCCC(=O)OC(COCCC(C(=O)[O-])[N+](C)(C)C)COC(=O)CCCCCCCC/C=C/C=C/CCCCC. The van der Waals surface area contributed by atoms with Crippen molar-refractivity contribution in [2.24, 2.45) is 0 Å². The van der Waals surface area contributed by atoms with Crippen LogP contribution < -0.4 is 5.11 Å². The van der Waals surface area contributed by atoms with Gasteiger partial charge < -0.3 is 28.6 Å². The van der Waals surface area contributed by atoms with Crippen molar-refractivity contribution in [3.05, 3.63) is 72.9 Å². The molecule has 2 atom stereocenters. The molecule has 0 heterocycles. The zero-order chi connectivity index (χ0) is 44.9. The number of unbranched alkanes of at least 4 members (excludes halogenated alkanes) is 18. The van der Waals surface area contributed by atoms with E-state index in [-0.39, 0.29) is 42.7 Å². The lowest BCUT2D eigenvalue weighted by atomic mass is 10.1. The highest BCUT2D eigenvalue weighted by Crippen LogP contribution is 2.14. The van der Waals surface area contributed by atoms with Gasteiger partial charge in [-0.15, -0.1) is 0 Å². The summed E-state index contributed by atoms with van der Waals surface area (Å²) in [5.41, 5.74) is 0. The third kappa shape index (κ3) is 41.9. The van der Waals surface area contributed by atoms with Gasteiger partial charge >= 0.3 is 11.9 Å². The standard InChI is InChI=1S/C53H91NO7/c1-6-8-10-12-14-16-18-20-22-23-24-25-26-27-28-30-32-34-36-38-40-42-44-52(56)61-49(47-59-46-45-50(53(57)58)54(3,4)5)48-60-51(55)43-41-39-37-35-33-31-29-21-19-17-15-13-11-9-7-2/h8,10,14-17,19-22,24-25,49-50H,6-7,9,11-13,18,23,26-48H2,1-5H3/b10-8+,16-14+,17-15+,21-19+,22-20+,25-24+. The van der Waals surface area contributed by atoms with Gasteiger partial charge in [0, 0.05) is 19.3 Å². The first-order valence-electron chi connectivity index (χ1n) is 24.5. The first kappa shape index (κ1) is 57.8. The zero-order valence-corrected chi connectivity index (χ0v) is 39.8. The summed E-state index contributed by atoms with van der Waals surface area (Å²) in [5, 5.41) is 11.6. The molecule has 61 heavy (non-hydrogen) atoms. The average molecular weight is 854 g/mol. The van der Waals surface area contributed by atoms with Gasteiger partial charge in [-0.05, 0) is 77.0 Å². The Balaban J connectivity index is 4.30. The summed E-state index contributed by atoms with van der Waals surface area (Å²) in [7, 11) is 5.40. The molecule has 0 rings (SSSR count). The molecular weight excluding hydrogens is 763 g/mol. The summed E-state index contributed by atoms with van der Waals surface area (Å²) in [6, 6.07) is -0.732. The number of carbonyl (C=O) groups is 3. The van der Waals surface area contributed by atoms with Gasteiger partial charge in [0.25, 0.3) is 0 Å². The van der Waals surface area contributed by atoms with Crippen molar-refractivity contribution in [3.8, 4) is 0 Å². The molecule has 0 aliphatic heterocycles. The maximum absolute atomic E-state index is 12.8. The van der Waals surface area contributed by atoms with Gasteiger partial charge in [0.2, 0.25) is 0 Å². The number of likely N-dealkylation sites (N-methyl/N-ethyl adjacent to an activating group) is 1. The summed E-state index contributed by atoms with van der Waals surface area (Å²) in [6.45, 7) is 4.50. The molecule has 0 saturated carbocycles. The predicted molar refractivity (Wildman–Crippen MR) is 254 cm³/mol. The maximum atomic E-state index is 12.8. The molecule has 2 unspecified atom stereocenters. The Labute approximate surface area is 374 Å². The van der Waals surface area contributed by atoms with E-state index in [1.54, 1.807) is 21.1 Å². The van der Waals surface area contributed by atoms with Crippen molar-refractivity contribution < 1.29 is 38.2 Å². The highest BCUT2D eigenvalue weighted by Gasteiger charge is 2.25. The van der Waals surface area contributed by atoms with Crippen LogP contribution >= 0.6 is 0 Å². The van der Waals surface area contributed by atoms with Crippen LogP contribution in [-0.2, 0) is 28.6 Å². The van der Waals surface area contributed by atoms with E-state index in [0.717, 1.165) is 89.9 Å². The molecule has 0 saturated heterocycles. The summed E-state index contributed by atoms with van der Waals surface area (Å²) < 4.78 is 17.2. The van der Waals surface area contributed by atoms with Crippen LogP contribution in [-0.4, -0.2) is 75.5 Å². The van der Waals surface area contributed by atoms with Crippen LogP contribution in [0.25, 0.3) is 0 Å². The van der Waals surface area contributed by atoms with Gasteiger partial charge in [-0.2, -0.15) is 0 Å². The largest absolute Gasteiger partial charge is 0.544 e. The molecule has 0 fully saturated rings. The first-order chi connectivity index (χ1) is 29.6. The number of quaternary nitrogens is 1. The molecule has 350 valence electrons. The fraction of sp³-hybridized carbons (Fsp3) is 0.717. The quantitative estimate of drug-likeness (QED) is 0.0198. The Morgan fingerprint density at radius 2 is 0.967 bits per heavy atom. The number of hydrogen-bond acceptors (Lipinski definition) is 7. The van der Waals surface area contributed by atoms with Gasteiger partial charge in [0.15, 0.2) is 6.10 Å². The lowest BCUT2D eigenvalue weighted by molar-refractivity contribution is -0.889. The van der Waals surface area contributed by atoms with E-state index in [1.165, 1.54) is 70.6 Å². The van der Waals surface area contributed by atoms with E-state index in [2.05, 4.69) is 86.8 Å². The molecule has 0 spiro atoms. The summed E-state index contributed by atoms with van der Waals surface area (Å²) >= 11 is 0. The number of aliphatic carboxylic acids is 1. The molecule has 0 bridgehead atoms. The molecule has 0 aliphatic carbocycles. The molecule has 0 aromatic carbocycles. The van der Waals surface area contributed by atoms with E-state index in [1.807, 2.05) is 0 Å².